The van der Waals surface area contributed by atoms with Crippen molar-refractivity contribution in [3.8, 4) is 0 Å². The van der Waals surface area contributed by atoms with Gasteiger partial charge in [0, 0.05) is 23.9 Å². The van der Waals surface area contributed by atoms with Crippen molar-refractivity contribution in [1.29, 1.82) is 0 Å². The number of nitrogens with zero attached hydrogens (tertiary/aromatic N) is 2. The fourth-order valence-corrected chi connectivity index (χ4v) is 2.32. The maximum atomic E-state index is 11.9. The highest BCUT2D eigenvalue weighted by Gasteiger charge is 2.39. The van der Waals surface area contributed by atoms with E-state index in [0.29, 0.717) is 5.69 Å². The van der Waals surface area contributed by atoms with Gasteiger partial charge in [-0.2, -0.15) is 0 Å². The minimum absolute atomic E-state index is 0.0157. The molecule has 1 heterocycles. The summed E-state index contributed by atoms with van der Waals surface area (Å²) in [6, 6.07) is 0.0157. The van der Waals surface area contributed by atoms with E-state index in [1.54, 1.807) is 0 Å². The zero-order chi connectivity index (χ0) is 12.3. The minimum Gasteiger partial charge on any atom is -0.396 e. The molecule has 1 saturated carbocycles. The third-order valence-corrected chi connectivity index (χ3v) is 3.54. The summed E-state index contributed by atoms with van der Waals surface area (Å²) in [5.74, 6) is -0.218. The van der Waals surface area contributed by atoms with Crippen LogP contribution in [0.5, 0.6) is 0 Å². The summed E-state index contributed by atoms with van der Waals surface area (Å²) in [5, 5.41) is 12.3. The smallest absolute Gasteiger partial charge is 0.271 e. The van der Waals surface area contributed by atoms with E-state index in [0.717, 1.165) is 19.3 Å². The van der Waals surface area contributed by atoms with Crippen LogP contribution in [0.25, 0.3) is 0 Å². The van der Waals surface area contributed by atoms with Crippen molar-refractivity contribution >= 4 is 5.91 Å². The predicted octanol–water partition coefficient (Wildman–Crippen LogP) is 0.757. The van der Waals surface area contributed by atoms with Crippen LogP contribution < -0.4 is 5.32 Å². The summed E-state index contributed by atoms with van der Waals surface area (Å²) in [4.78, 5) is 19.7. The standard InChI is InChI=1S/C12H17N3O2/c1-12(8-16)4-2-3-10(12)15-11(17)9-7-13-5-6-14-9/h5-7,10,16H,2-4,8H2,1H3,(H,15,17). The molecule has 2 rings (SSSR count). The summed E-state index contributed by atoms with van der Waals surface area (Å²) in [6.07, 6.45) is 7.35. The Hall–Kier alpha value is -1.49. The Morgan fingerprint density at radius 3 is 3.12 bits per heavy atom. The Labute approximate surface area is 100 Å². The van der Waals surface area contributed by atoms with E-state index in [1.165, 1.54) is 18.6 Å². The average molecular weight is 235 g/mol. The third kappa shape index (κ3) is 2.44. The fraction of sp³-hybridized carbons (Fsp3) is 0.583. The van der Waals surface area contributed by atoms with Crippen molar-refractivity contribution in [2.75, 3.05) is 6.61 Å². The molecular weight excluding hydrogens is 218 g/mol. The summed E-state index contributed by atoms with van der Waals surface area (Å²) >= 11 is 0. The number of carbonyl (C=O) groups excluding carboxylic acids is 1. The van der Waals surface area contributed by atoms with Crippen LogP contribution in [0.4, 0.5) is 0 Å². The molecule has 2 unspecified atom stereocenters. The van der Waals surface area contributed by atoms with Gasteiger partial charge in [-0.1, -0.05) is 13.3 Å². The zero-order valence-electron chi connectivity index (χ0n) is 9.89. The zero-order valence-corrected chi connectivity index (χ0v) is 9.89. The molecule has 92 valence electrons. The number of aliphatic hydroxyl groups is 1. The average Bonchev–Trinajstić information content (AvgIpc) is 2.73. The summed E-state index contributed by atoms with van der Waals surface area (Å²) in [5.41, 5.74) is 0.109. The number of hydrogen-bond acceptors (Lipinski definition) is 4. The van der Waals surface area contributed by atoms with Gasteiger partial charge in [0.05, 0.1) is 12.8 Å². The molecule has 1 aromatic rings. The number of carbonyl (C=O) groups is 1. The van der Waals surface area contributed by atoms with Gasteiger partial charge in [0.15, 0.2) is 0 Å². The molecule has 5 nitrogen and oxygen atoms in total. The van der Waals surface area contributed by atoms with Gasteiger partial charge in [0.25, 0.3) is 5.91 Å². The molecule has 5 heteroatoms. The number of aromatic nitrogens is 2. The van der Waals surface area contributed by atoms with Crippen LogP contribution in [-0.4, -0.2) is 33.6 Å². The van der Waals surface area contributed by atoms with Crippen molar-refractivity contribution in [2.24, 2.45) is 5.41 Å². The van der Waals surface area contributed by atoms with Gasteiger partial charge in [-0.05, 0) is 12.8 Å². The van der Waals surface area contributed by atoms with E-state index in [4.69, 9.17) is 0 Å². The highest BCUT2D eigenvalue weighted by molar-refractivity contribution is 5.92. The SMILES string of the molecule is CC1(CO)CCCC1NC(=O)c1cnccn1. The Morgan fingerprint density at radius 2 is 2.47 bits per heavy atom. The lowest BCUT2D eigenvalue weighted by molar-refractivity contribution is 0.0825. The lowest BCUT2D eigenvalue weighted by Gasteiger charge is -2.29. The van der Waals surface area contributed by atoms with Crippen LogP contribution in [0, 0.1) is 5.41 Å². The lowest BCUT2D eigenvalue weighted by Crippen LogP contribution is -2.45. The van der Waals surface area contributed by atoms with Gasteiger partial charge < -0.3 is 10.4 Å². The topological polar surface area (TPSA) is 75.1 Å². The molecule has 0 saturated heterocycles. The minimum atomic E-state index is -0.218. The Morgan fingerprint density at radius 1 is 1.65 bits per heavy atom. The normalized spacial score (nSPS) is 28.0. The van der Waals surface area contributed by atoms with Gasteiger partial charge in [0.1, 0.15) is 5.69 Å². The summed E-state index contributed by atoms with van der Waals surface area (Å²) in [7, 11) is 0. The van der Waals surface area contributed by atoms with Crippen LogP contribution in [-0.2, 0) is 0 Å². The van der Waals surface area contributed by atoms with Crippen molar-refractivity contribution in [2.45, 2.75) is 32.2 Å². The molecule has 1 aromatic heterocycles. The van der Waals surface area contributed by atoms with Crippen LogP contribution in [0.1, 0.15) is 36.7 Å². The molecule has 0 aromatic carbocycles. The second-order valence-electron chi connectivity index (χ2n) is 4.82. The first kappa shape index (κ1) is 12.0. The predicted molar refractivity (Wildman–Crippen MR) is 62.3 cm³/mol. The largest absolute Gasteiger partial charge is 0.396 e. The number of aliphatic hydroxyl groups excluding tert-OH is 1. The molecule has 1 amide bonds. The van der Waals surface area contributed by atoms with Gasteiger partial charge in [0.2, 0.25) is 0 Å². The molecule has 2 N–H and O–H groups in total. The molecule has 1 fully saturated rings. The maximum absolute atomic E-state index is 11.9. The van der Waals surface area contributed by atoms with Gasteiger partial charge >= 0.3 is 0 Å². The molecular formula is C12H17N3O2. The first-order chi connectivity index (χ1) is 8.15. The maximum Gasteiger partial charge on any atom is 0.271 e. The molecule has 0 aliphatic heterocycles. The third-order valence-electron chi connectivity index (χ3n) is 3.54. The number of amides is 1. The van der Waals surface area contributed by atoms with Gasteiger partial charge in [-0.3, -0.25) is 9.78 Å². The van der Waals surface area contributed by atoms with Crippen LogP contribution >= 0.6 is 0 Å². The number of rotatable bonds is 3. The van der Waals surface area contributed by atoms with Gasteiger partial charge in [-0.15, -0.1) is 0 Å². The monoisotopic (exact) mass is 235 g/mol. The quantitative estimate of drug-likeness (QED) is 0.811. The van der Waals surface area contributed by atoms with Crippen LogP contribution in [0.15, 0.2) is 18.6 Å². The van der Waals surface area contributed by atoms with E-state index >= 15 is 0 Å². The number of nitrogens with one attached hydrogen (secondary N) is 1. The van der Waals surface area contributed by atoms with Crippen molar-refractivity contribution < 1.29 is 9.90 Å². The van der Waals surface area contributed by atoms with E-state index in [1.807, 2.05) is 6.92 Å². The molecule has 1 aliphatic carbocycles. The summed E-state index contributed by atoms with van der Waals surface area (Å²) in [6.45, 7) is 2.10. The second kappa shape index (κ2) is 4.79. The van der Waals surface area contributed by atoms with Crippen molar-refractivity contribution in [3.05, 3.63) is 24.3 Å². The molecule has 2 atom stereocenters. The first-order valence-electron chi connectivity index (χ1n) is 5.83. The molecule has 1 aliphatic rings. The molecule has 17 heavy (non-hydrogen) atoms. The van der Waals surface area contributed by atoms with Crippen LogP contribution in [0.2, 0.25) is 0 Å². The highest BCUT2D eigenvalue weighted by atomic mass is 16.3. The molecule has 0 spiro atoms. The van der Waals surface area contributed by atoms with E-state index in [-0.39, 0.29) is 24.0 Å². The van der Waals surface area contributed by atoms with Crippen LogP contribution in [0.3, 0.4) is 0 Å². The van der Waals surface area contributed by atoms with E-state index in [2.05, 4.69) is 15.3 Å². The number of hydrogen-bond donors (Lipinski definition) is 2. The van der Waals surface area contributed by atoms with Gasteiger partial charge in [-0.25, -0.2) is 4.98 Å². The lowest BCUT2D eigenvalue weighted by atomic mass is 9.86. The molecule has 0 radical (unpaired) electrons. The Bertz CT molecular complexity index is 396. The van der Waals surface area contributed by atoms with E-state index in [9.17, 15) is 9.90 Å². The Kier molecular flexibility index (Phi) is 3.38. The Balaban J connectivity index is 2.04. The molecule has 0 bridgehead atoms. The summed E-state index contributed by atoms with van der Waals surface area (Å²) < 4.78 is 0. The first-order valence-corrected chi connectivity index (χ1v) is 5.83. The van der Waals surface area contributed by atoms with E-state index < -0.39 is 0 Å². The fourth-order valence-electron chi connectivity index (χ4n) is 2.32. The van der Waals surface area contributed by atoms with Crippen molar-refractivity contribution in [3.63, 3.8) is 0 Å². The highest BCUT2D eigenvalue weighted by Crippen LogP contribution is 2.37. The van der Waals surface area contributed by atoms with Crippen molar-refractivity contribution in [1.82, 2.24) is 15.3 Å². The second-order valence-corrected chi connectivity index (χ2v) is 4.82.